The van der Waals surface area contributed by atoms with Gasteiger partial charge < -0.3 is 9.84 Å². The molecular weight excluding hydrogens is 184 g/mol. The Morgan fingerprint density at radius 2 is 2.29 bits per heavy atom. The van der Waals surface area contributed by atoms with Crippen LogP contribution in [-0.4, -0.2) is 31.8 Å². The molecule has 74 valence electrons. The van der Waals surface area contributed by atoms with E-state index in [2.05, 4.69) is 15.1 Å². The van der Waals surface area contributed by atoms with Gasteiger partial charge >= 0.3 is 0 Å². The molecule has 0 unspecified atom stereocenters. The van der Waals surface area contributed by atoms with Crippen LogP contribution in [0.5, 0.6) is 5.88 Å². The van der Waals surface area contributed by atoms with Crippen molar-refractivity contribution in [2.45, 2.75) is 13.5 Å². The molecule has 6 heteroatoms. The highest BCUT2D eigenvalue weighted by Gasteiger charge is 2.08. The summed E-state index contributed by atoms with van der Waals surface area (Å²) in [6, 6.07) is 1.53. The summed E-state index contributed by atoms with van der Waals surface area (Å²) in [4.78, 5) is 8.19. The maximum absolute atomic E-state index is 9.51. The van der Waals surface area contributed by atoms with Gasteiger partial charge in [-0.3, -0.25) is 0 Å². The minimum atomic E-state index is 0.0300. The van der Waals surface area contributed by atoms with E-state index in [0.29, 0.717) is 23.9 Å². The summed E-state index contributed by atoms with van der Waals surface area (Å²) in [5.41, 5.74) is 0.700. The van der Waals surface area contributed by atoms with Crippen molar-refractivity contribution >= 4 is 5.78 Å². The number of aromatic nitrogens is 4. The standard InChI is InChI=1S/C8H10N4O2/c1-5-3-7(13)12-8(9-5)10-6(11-12)4-14-2/h3,13H,4H2,1-2H3. The Balaban J connectivity index is 2.58. The van der Waals surface area contributed by atoms with Crippen molar-refractivity contribution in [1.82, 2.24) is 19.6 Å². The van der Waals surface area contributed by atoms with Gasteiger partial charge in [-0.1, -0.05) is 0 Å². The molecular formula is C8H10N4O2. The van der Waals surface area contributed by atoms with E-state index in [1.165, 1.54) is 10.6 Å². The Labute approximate surface area is 80.2 Å². The van der Waals surface area contributed by atoms with Crippen molar-refractivity contribution in [1.29, 1.82) is 0 Å². The second-order valence-electron chi connectivity index (χ2n) is 2.93. The summed E-state index contributed by atoms with van der Waals surface area (Å²) in [6.45, 7) is 2.09. The summed E-state index contributed by atoms with van der Waals surface area (Å²) in [6.07, 6.45) is 0. The molecule has 2 rings (SSSR count). The summed E-state index contributed by atoms with van der Waals surface area (Å²) >= 11 is 0. The highest BCUT2D eigenvalue weighted by atomic mass is 16.5. The van der Waals surface area contributed by atoms with Crippen molar-refractivity contribution in [3.05, 3.63) is 17.6 Å². The fourth-order valence-electron chi connectivity index (χ4n) is 1.20. The molecule has 0 aliphatic heterocycles. The molecule has 2 aromatic heterocycles. The average Bonchev–Trinajstić information content (AvgIpc) is 2.48. The number of rotatable bonds is 2. The van der Waals surface area contributed by atoms with E-state index in [4.69, 9.17) is 4.74 Å². The van der Waals surface area contributed by atoms with Crippen LogP contribution in [-0.2, 0) is 11.3 Å². The lowest BCUT2D eigenvalue weighted by Gasteiger charge is -1.95. The Kier molecular flexibility index (Phi) is 2.05. The number of hydrogen-bond donors (Lipinski definition) is 1. The highest BCUT2D eigenvalue weighted by Crippen LogP contribution is 2.11. The van der Waals surface area contributed by atoms with Crippen molar-refractivity contribution in [2.75, 3.05) is 7.11 Å². The molecule has 2 heterocycles. The van der Waals surface area contributed by atoms with Crippen molar-refractivity contribution in [2.24, 2.45) is 0 Å². The van der Waals surface area contributed by atoms with Gasteiger partial charge in [-0.2, -0.15) is 9.50 Å². The number of hydrogen-bond acceptors (Lipinski definition) is 5. The van der Waals surface area contributed by atoms with Gasteiger partial charge in [-0.15, -0.1) is 5.10 Å². The fourth-order valence-corrected chi connectivity index (χ4v) is 1.20. The summed E-state index contributed by atoms with van der Waals surface area (Å²) < 4.78 is 6.16. The third-order valence-corrected chi connectivity index (χ3v) is 1.74. The van der Waals surface area contributed by atoms with Crippen LogP contribution in [0.25, 0.3) is 5.78 Å². The molecule has 0 aliphatic carbocycles. The maximum atomic E-state index is 9.51. The molecule has 0 saturated carbocycles. The number of fused-ring (bicyclic) bond motifs is 1. The van der Waals surface area contributed by atoms with Crippen LogP contribution in [0.2, 0.25) is 0 Å². The van der Waals surface area contributed by atoms with Crippen LogP contribution in [0.4, 0.5) is 0 Å². The zero-order valence-corrected chi connectivity index (χ0v) is 7.93. The smallest absolute Gasteiger partial charge is 0.255 e. The molecule has 14 heavy (non-hydrogen) atoms. The van der Waals surface area contributed by atoms with Gasteiger partial charge in [0, 0.05) is 18.9 Å². The second-order valence-corrected chi connectivity index (χ2v) is 2.93. The van der Waals surface area contributed by atoms with Gasteiger partial charge in [0.1, 0.15) is 6.61 Å². The fraction of sp³-hybridized carbons (Fsp3) is 0.375. The van der Waals surface area contributed by atoms with Gasteiger partial charge in [-0.25, -0.2) is 4.98 Å². The van der Waals surface area contributed by atoms with Crippen LogP contribution in [0.1, 0.15) is 11.5 Å². The number of aromatic hydroxyl groups is 1. The van der Waals surface area contributed by atoms with Crippen molar-refractivity contribution in [3.63, 3.8) is 0 Å². The minimum absolute atomic E-state index is 0.0300. The number of nitrogens with zero attached hydrogens (tertiary/aromatic N) is 4. The quantitative estimate of drug-likeness (QED) is 0.743. The highest BCUT2D eigenvalue weighted by molar-refractivity contribution is 5.33. The molecule has 2 aromatic rings. The Bertz CT molecular complexity index is 466. The lowest BCUT2D eigenvalue weighted by atomic mass is 10.4. The van der Waals surface area contributed by atoms with Gasteiger partial charge in [0.05, 0.1) is 0 Å². The van der Waals surface area contributed by atoms with Crippen LogP contribution >= 0.6 is 0 Å². The normalized spacial score (nSPS) is 11.0. The van der Waals surface area contributed by atoms with Gasteiger partial charge in [0.25, 0.3) is 5.78 Å². The molecule has 0 saturated heterocycles. The minimum Gasteiger partial charge on any atom is -0.493 e. The van der Waals surface area contributed by atoms with E-state index in [0.717, 1.165) is 0 Å². The zero-order valence-electron chi connectivity index (χ0n) is 7.93. The van der Waals surface area contributed by atoms with Crippen molar-refractivity contribution < 1.29 is 9.84 Å². The van der Waals surface area contributed by atoms with E-state index in [-0.39, 0.29) is 5.88 Å². The first-order chi connectivity index (χ1) is 6.70. The summed E-state index contributed by atoms with van der Waals surface area (Å²) in [5, 5.41) is 13.5. The Hall–Kier alpha value is -1.69. The first kappa shape index (κ1) is 8.89. The van der Waals surface area contributed by atoms with Crippen LogP contribution < -0.4 is 0 Å². The molecule has 6 nitrogen and oxygen atoms in total. The van der Waals surface area contributed by atoms with Gasteiger partial charge in [-0.05, 0) is 6.92 Å². The monoisotopic (exact) mass is 194 g/mol. The first-order valence-corrected chi connectivity index (χ1v) is 4.12. The van der Waals surface area contributed by atoms with E-state index in [1.807, 2.05) is 0 Å². The van der Waals surface area contributed by atoms with Crippen LogP contribution in [0, 0.1) is 6.92 Å². The molecule has 0 spiro atoms. The average molecular weight is 194 g/mol. The summed E-state index contributed by atoms with van der Waals surface area (Å²) in [7, 11) is 1.56. The molecule has 0 fully saturated rings. The molecule has 0 aliphatic rings. The molecule has 0 radical (unpaired) electrons. The number of methoxy groups -OCH3 is 1. The Morgan fingerprint density at radius 1 is 1.50 bits per heavy atom. The molecule has 0 bridgehead atoms. The van der Waals surface area contributed by atoms with E-state index in [1.54, 1.807) is 14.0 Å². The van der Waals surface area contributed by atoms with E-state index in [9.17, 15) is 5.11 Å². The lowest BCUT2D eigenvalue weighted by molar-refractivity contribution is 0.178. The van der Waals surface area contributed by atoms with Crippen LogP contribution in [0.15, 0.2) is 6.07 Å². The van der Waals surface area contributed by atoms with Gasteiger partial charge in [0.15, 0.2) is 5.82 Å². The predicted molar refractivity (Wildman–Crippen MR) is 47.9 cm³/mol. The zero-order chi connectivity index (χ0) is 10.1. The third kappa shape index (κ3) is 1.39. The maximum Gasteiger partial charge on any atom is 0.255 e. The Morgan fingerprint density at radius 3 is 3.00 bits per heavy atom. The third-order valence-electron chi connectivity index (χ3n) is 1.74. The predicted octanol–water partition coefficient (Wildman–Crippen LogP) is 0.285. The van der Waals surface area contributed by atoms with E-state index < -0.39 is 0 Å². The van der Waals surface area contributed by atoms with Gasteiger partial charge in [0.2, 0.25) is 5.88 Å². The molecule has 0 aromatic carbocycles. The molecule has 0 amide bonds. The number of aryl methyl sites for hydroxylation is 1. The second kappa shape index (κ2) is 3.22. The molecule has 1 N–H and O–H groups in total. The first-order valence-electron chi connectivity index (χ1n) is 4.12. The SMILES string of the molecule is COCc1nc2nc(C)cc(O)n2n1. The van der Waals surface area contributed by atoms with Crippen molar-refractivity contribution in [3.8, 4) is 5.88 Å². The van der Waals surface area contributed by atoms with E-state index >= 15 is 0 Å². The lowest BCUT2D eigenvalue weighted by Crippen LogP contribution is -1.94. The largest absolute Gasteiger partial charge is 0.493 e. The summed E-state index contributed by atoms with van der Waals surface area (Å²) in [5.74, 6) is 0.915. The topological polar surface area (TPSA) is 72.5 Å². The number of ether oxygens (including phenoxy) is 1. The van der Waals surface area contributed by atoms with Crippen LogP contribution in [0.3, 0.4) is 0 Å². The molecule has 0 atom stereocenters.